The zero-order valence-electron chi connectivity index (χ0n) is 13.7. The van der Waals surface area contributed by atoms with Gasteiger partial charge in [0.25, 0.3) is 5.91 Å². The average Bonchev–Trinajstić information content (AvgIpc) is 3.10. The lowest BCUT2D eigenvalue weighted by Gasteiger charge is -2.29. The molecule has 0 saturated heterocycles. The molecule has 0 saturated carbocycles. The molecule has 2 N–H and O–H groups in total. The number of aliphatic carboxylic acids is 1. The monoisotopic (exact) mass is 354 g/mol. The Labute approximate surface area is 149 Å². The first kappa shape index (κ1) is 17.1. The number of benzene rings is 1. The van der Waals surface area contributed by atoms with Gasteiger partial charge in [0.2, 0.25) is 0 Å². The SMILES string of the molecule is CCC(CNC(=O)c1cnc2ccsc2c1)(C(=O)O)c1ccccc1. The van der Waals surface area contributed by atoms with E-state index in [1.165, 1.54) is 17.5 Å². The summed E-state index contributed by atoms with van der Waals surface area (Å²) in [5, 5.41) is 14.5. The van der Waals surface area contributed by atoms with Gasteiger partial charge in [-0.25, -0.2) is 0 Å². The lowest BCUT2D eigenvalue weighted by atomic mass is 9.78. The Morgan fingerprint density at radius 2 is 2.00 bits per heavy atom. The number of carbonyl (C=O) groups excluding carboxylic acids is 1. The molecule has 5 nitrogen and oxygen atoms in total. The van der Waals surface area contributed by atoms with E-state index in [9.17, 15) is 14.7 Å². The van der Waals surface area contributed by atoms with Gasteiger partial charge in [0.15, 0.2) is 0 Å². The third kappa shape index (κ3) is 3.25. The van der Waals surface area contributed by atoms with E-state index in [4.69, 9.17) is 0 Å². The molecule has 1 unspecified atom stereocenters. The fourth-order valence-electron chi connectivity index (χ4n) is 2.84. The molecule has 2 heterocycles. The van der Waals surface area contributed by atoms with Gasteiger partial charge in [0, 0.05) is 12.7 Å². The summed E-state index contributed by atoms with van der Waals surface area (Å²) in [6.45, 7) is 1.83. The molecular formula is C19H18N2O3S. The zero-order valence-corrected chi connectivity index (χ0v) is 14.5. The number of carbonyl (C=O) groups is 2. The summed E-state index contributed by atoms with van der Waals surface area (Å²) in [5.41, 5.74) is 0.798. The van der Waals surface area contributed by atoms with E-state index in [1.807, 2.05) is 24.4 Å². The Morgan fingerprint density at radius 3 is 2.68 bits per heavy atom. The topological polar surface area (TPSA) is 79.3 Å². The Balaban J connectivity index is 1.83. The smallest absolute Gasteiger partial charge is 0.315 e. The minimum atomic E-state index is -1.16. The van der Waals surface area contributed by atoms with Crippen LogP contribution in [0.25, 0.3) is 10.2 Å². The lowest BCUT2D eigenvalue weighted by molar-refractivity contribution is -0.143. The van der Waals surface area contributed by atoms with Gasteiger partial charge in [0.1, 0.15) is 5.41 Å². The molecule has 0 bridgehead atoms. The van der Waals surface area contributed by atoms with Gasteiger partial charge in [0.05, 0.1) is 15.8 Å². The molecule has 0 radical (unpaired) electrons. The summed E-state index contributed by atoms with van der Waals surface area (Å²) < 4.78 is 0.927. The summed E-state index contributed by atoms with van der Waals surface area (Å²) in [6.07, 6.45) is 1.89. The van der Waals surface area contributed by atoms with Crippen molar-refractivity contribution in [1.82, 2.24) is 10.3 Å². The van der Waals surface area contributed by atoms with Crippen LogP contribution in [-0.4, -0.2) is 28.5 Å². The summed E-state index contributed by atoms with van der Waals surface area (Å²) in [6, 6.07) is 12.7. The fourth-order valence-corrected chi connectivity index (χ4v) is 3.62. The van der Waals surface area contributed by atoms with Crippen LogP contribution in [0.2, 0.25) is 0 Å². The lowest BCUT2D eigenvalue weighted by Crippen LogP contribution is -2.46. The van der Waals surface area contributed by atoms with Gasteiger partial charge in [-0.05, 0) is 29.5 Å². The second-order valence-electron chi connectivity index (χ2n) is 5.82. The third-order valence-electron chi connectivity index (χ3n) is 4.45. The largest absolute Gasteiger partial charge is 0.481 e. The molecule has 0 spiro atoms. The number of aromatic nitrogens is 1. The molecule has 2 aromatic heterocycles. The van der Waals surface area contributed by atoms with Crippen LogP contribution in [-0.2, 0) is 10.2 Å². The van der Waals surface area contributed by atoms with Crippen molar-refractivity contribution in [1.29, 1.82) is 0 Å². The Morgan fingerprint density at radius 1 is 1.24 bits per heavy atom. The predicted octanol–water partition coefficient (Wildman–Crippen LogP) is 3.46. The maximum atomic E-state index is 12.5. The second-order valence-corrected chi connectivity index (χ2v) is 6.77. The number of nitrogens with one attached hydrogen (secondary N) is 1. The van der Waals surface area contributed by atoms with E-state index in [1.54, 1.807) is 30.3 Å². The van der Waals surface area contributed by atoms with E-state index in [-0.39, 0.29) is 12.5 Å². The molecular weight excluding hydrogens is 336 g/mol. The summed E-state index contributed by atoms with van der Waals surface area (Å²) in [4.78, 5) is 28.7. The van der Waals surface area contributed by atoms with E-state index in [0.29, 0.717) is 17.5 Å². The minimum absolute atomic E-state index is 0.0180. The zero-order chi connectivity index (χ0) is 17.9. The molecule has 0 fully saturated rings. The van der Waals surface area contributed by atoms with Crippen LogP contribution < -0.4 is 5.32 Å². The van der Waals surface area contributed by atoms with Gasteiger partial charge in [-0.3, -0.25) is 14.6 Å². The molecule has 25 heavy (non-hydrogen) atoms. The molecule has 1 atom stereocenters. The second kappa shape index (κ2) is 7.03. The van der Waals surface area contributed by atoms with E-state index >= 15 is 0 Å². The van der Waals surface area contributed by atoms with Crippen molar-refractivity contribution in [2.24, 2.45) is 0 Å². The van der Waals surface area contributed by atoms with Crippen molar-refractivity contribution in [3.8, 4) is 0 Å². The number of carboxylic acid groups (broad SMARTS) is 1. The van der Waals surface area contributed by atoms with Crippen molar-refractivity contribution < 1.29 is 14.7 Å². The third-order valence-corrected chi connectivity index (χ3v) is 5.31. The molecule has 0 aliphatic carbocycles. The number of thiophene rings is 1. The quantitative estimate of drug-likeness (QED) is 0.710. The standard InChI is InChI=1S/C19H18N2O3S/c1-2-19(18(23)24,14-6-4-3-5-7-14)12-21-17(22)13-10-16-15(20-11-13)8-9-25-16/h3-11H,2,12H2,1H3,(H,21,22)(H,23,24). The Bertz CT molecular complexity index is 907. The highest BCUT2D eigenvalue weighted by molar-refractivity contribution is 7.17. The highest BCUT2D eigenvalue weighted by atomic mass is 32.1. The van der Waals surface area contributed by atoms with Crippen LogP contribution in [0, 0.1) is 0 Å². The van der Waals surface area contributed by atoms with E-state index in [0.717, 1.165) is 10.2 Å². The highest BCUT2D eigenvalue weighted by Gasteiger charge is 2.39. The number of hydrogen-bond donors (Lipinski definition) is 2. The molecule has 0 aliphatic heterocycles. The number of nitrogens with zero attached hydrogens (tertiary/aromatic N) is 1. The number of carboxylic acids is 1. The first-order valence-corrected chi connectivity index (χ1v) is 8.85. The van der Waals surface area contributed by atoms with Crippen LogP contribution in [0.1, 0.15) is 29.3 Å². The maximum Gasteiger partial charge on any atom is 0.315 e. The number of rotatable bonds is 6. The van der Waals surface area contributed by atoms with E-state index < -0.39 is 11.4 Å². The van der Waals surface area contributed by atoms with Crippen molar-refractivity contribution in [3.63, 3.8) is 0 Å². The highest BCUT2D eigenvalue weighted by Crippen LogP contribution is 2.28. The van der Waals surface area contributed by atoms with Gasteiger partial charge < -0.3 is 10.4 Å². The maximum absolute atomic E-state index is 12.5. The van der Waals surface area contributed by atoms with Crippen molar-refractivity contribution in [2.45, 2.75) is 18.8 Å². The fraction of sp³-hybridized carbons (Fsp3) is 0.211. The first-order valence-electron chi connectivity index (χ1n) is 7.97. The van der Waals surface area contributed by atoms with Crippen LogP contribution in [0.5, 0.6) is 0 Å². The molecule has 1 aromatic carbocycles. The molecule has 3 rings (SSSR count). The van der Waals surface area contributed by atoms with Crippen molar-refractivity contribution in [2.75, 3.05) is 6.54 Å². The minimum Gasteiger partial charge on any atom is -0.481 e. The predicted molar refractivity (Wildman–Crippen MR) is 98.0 cm³/mol. The number of hydrogen-bond acceptors (Lipinski definition) is 4. The summed E-state index contributed by atoms with van der Waals surface area (Å²) >= 11 is 1.51. The Hall–Kier alpha value is -2.73. The van der Waals surface area contributed by atoms with E-state index in [2.05, 4.69) is 10.3 Å². The van der Waals surface area contributed by atoms with Crippen LogP contribution >= 0.6 is 11.3 Å². The number of pyridine rings is 1. The normalized spacial score (nSPS) is 13.3. The van der Waals surface area contributed by atoms with Crippen molar-refractivity contribution >= 4 is 33.4 Å². The number of fused-ring (bicyclic) bond motifs is 1. The van der Waals surface area contributed by atoms with Crippen LogP contribution in [0.3, 0.4) is 0 Å². The van der Waals surface area contributed by atoms with Crippen LogP contribution in [0.4, 0.5) is 0 Å². The van der Waals surface area contributed by atoms with Crippen LogP contribution in [0.15, 0.2) is 54.0 Å². The molecule has 6 heteroatoms. The Kier molecular flexibility index (Phi) is 4.81. The summed E-state index contributed by atoms with van der Waals surface area (Å²) in [7, 11) is 0. The molecule has 1 amide bonds. The van der Waals surface area contributed by atoms with Gasteiger partial charge in [-0.2, -0.15) is 0 Å². The first-order chi connectivity index (χ1) is 12.1. The molecule has 0 aliphatic rings. The van der Waals surface area contributed by atoms with Crippen molar-refractivity contribution in [3.05, 3.63) is 65.2 Å². The van der Waals surface area contributed by atoms with Gasteiger partial charge >= 0.3 is 5.97 Å². The molecule has 128 valence electrons. The van der Waals surface area contributed by atoms with Gasteiger partial charge in [-0.1, -0.05) is 37.3 Å². The van der Waals surface area contributed by atoms with Gasteiger partial charge in [-0.15, -0.1) is 11.3 Å². The summed E-state index contributed by atoms with van der Waals surface area (Å²) in [5.74, 6) is -1.27. The average molecular weight is 354 g/mol. The molecule has 3 aromatic rings. The number of amides is 1.